The van der Waals surface area contributed by atoms with Crippen LogP contribution in [0.15, 0.2) is 42.9 Å². The summed E-state index contributed by atoms with van der Waals surface area (Å²) in [5, 5.41) is 9.47. The standard InChI is InChI=1S/C16H17N5O/c22-16(9-12-10-17-15-4-2-1-3-14(12)15)20-8-5-13(11-20)21-18-6-7-19-21/h1-4,6-7,10,13,17H,5,8-9,11H2/t13-/m1/s1. The predicted octanol–water partition coefficient (Wildman–Crippen LogP) is 1.78. The van der Waals surface area contributed by atoms with Crippen LogP contribution in [-0.2, 0) is 11.2 Å². The molecule has 2 aromatic heterocycles. The smallest absolute Gasteiger partial charge is 0.227 e. The molecule has 0 saturated carbocycles. The van der Waals surface area contributed by atoms with E-state index in [1.165, 1.54) is 0 Å². The molecule has 0 spiro atoms. The molecule has 6 nitrogen and oxygen atoms in total. The summed E-state index contributed by atoms with van der Waals surface area (Å²) in [6.07, 6.45) is 6.63. The first-order valence-electron chi connectivity index (χ1n) is 7.50. The molecule has 112 valence electrons. The quantitative estimate of drug-likeness (QED) is 0.801. The van der Waals surface area contributed by atoms with Crippen LogP contribution in [0.1, 0.15) is 18.0 Å². The van der Waals surface area contributed by atoms with Gasteiger partial charge in [0.1, 0.15) is 0 Å². The highest BCUT2D eigenvalue weighted by Crippen LogP contribution is 2.23. The number of amides is 1. The predicted molar refractivity (Wildman–Crippen MR) is 82.3 cm³/mol. The number of H-pyrrole nitrogens is 1. The summed E-state index contributed by atoms with van der Waals surface area (Å²) in [4.78, 5) is 19.4. The van der Waals surface area contributed by atoms with E-state index in [-0.39, 0.29) is 11.9 Å². The van der Waals surface area contributed by atoms with Gasteiger partial charge in [0.25, 0.3) is 0 Å². The lowest BCUT2D eigenvalue weighted by atomic mass is 10.1. The fraction of sp³-hybridized carbons (Fsp3) is 0.312. The number of hydrogen-bond acceptors (Lipinski definition) is 3. The number of rotatable bonds is 3. The first-order chi connectivity index (χ1) is 10.8. The number of hydrogen-bond donors (Lipinski definition) is 1. The molecular weight excluding hydrogens is 278 g/mol. The zero-order chi connectivity index (χ0) is 14.9. The molecular formula is C16H17N5O. The molecule has 1 N–H and O–H groups in total. The maximum Gasteiger partial charge on any atom is 0.227 e. The number of fused-ring (bicyclic) bond motifs is 1. The summed E-state index contributed by atoms with van der Waals surface area (Å²) in [7, 11) is 0. The van der Waals surface area contributed by atoms with Crippen molar-refractivity contribution in [2.45, 2.75) is 18.9 Å². The minimum Gasteiger partial charge on any atom is -0.361 e. The Morgan fingerprint density at radius 3 is 2.95 bits per heavy atom. The Morgan fingerprint density at radius 2 is 2.09 bits per heavy atom. The molecule has 1 aliphatic rings. The van der Waals surface area contributed by atoms with E-state index in [0.29, 0.717) is 13.0 Å². The summed E-state index contributed by atoms with van der Waals surface area (Å²) in [6.45, 7) is 1.46. The van der Waals surface area contributed by atoms with Gasteiger partial charge in [0.15, 0.2) is 0 Å². The molecule has 6 heteroatoms. The molecule has 4 rings (SSSR count). The Morgan fingerprint density at radius 1 is 1.27 bits per heavy atom. The molecule has 1 aliphatic heterocycles. The maximum atomic E-state index is 12.5. The highest BCUT2D eigenvalue weighted by molar-refractivity contribution is 5.88. The van der Waals surface area contributed by atoms with Gasteiger partial charge >= 0.3 is 0 Å². The zero-order valence-corrected chi connectivity index (χ0v) is 12.1. The van der Waals surface area contributed by atoms with Crippen molar-refractivity contribution in [2.75, 3.05) is 13.1 Å². The Balaban J connectivity index is 1.47. The molecule has 1 fully saturated rings. The average molecular weight is 295 g/mol. The number of aromatic nitrogens is 4. The van der Waals surface area contributed by atoms with E-state index in [9.17, 15) is 4.79 Å². The van der Waals surface area contributed by atoms with E-state index in [0.717, 1.165) is 29.4 Å². The van der Waals surface area contributed by atoms with Crippen molar-refractivity contribution < 1.29 is 4.79 Å². The van der Waals surface area contributed by atoms with Crippen molar-refractivity contribution in [2.24, 2.45) is 0 Å². The Labute approximate surface area is 127 Å². The number of carbonyl (C=O) groups excluding carboxylic acids is 1. The Hall–Kier alpha value is -2.63. The van der Waals surface area contributed by atoms with Crippen LogP contribution in [0.2, 0.25) is 0 Å². The molecule has 1 aromatic carbocycles. The van der Waals surface area contributed by atoms with E-state index in [4.69, 9.17) is 0 Å². The van der Waals surface area contributed by atoms with Crippen LogP contribution < -0.4 is 0 Å². The molecule has 0 aliphatic carbocycles. The third-order valence-electron chi connectivity index (χ3n) is 4.30. The number of nitrogens with one attached hydrogen (secondary N) is 1. The van der Waals surface area contributed by atoms with Crippen molar-refractivity contribution in [3.05, 3.63) is 48.4 Å². The maximum absolute atomic E-state index is 12.5. The topological polar surface area (TPSA) is 66.8 Å². The van der Waals surface area contributed by atoms with Gasteiger partial charge in [0.2, 0.25) is 5.91 Å². The lowest BCUT2D eigenvalue weighted by Gasteiger charge is -2.16. The Kier molecular flexibility index (Phi) is 3.14. The highest BCUT2D eigenvalue weighted by atomic mass is 16.2. The van der Waals surface area contributed by atoms with Crippen molar-refractivity contribution in [3.63, 3.8) is 0 Å². The number of benzene rings is 1. The van der Waals surface area contributed by atoms with Gasteiger partial charge in [-0.15, -0.1) is 0 Å². The van der Waals surface area contributed by atoms with Gasteiger partial charge in [-0.3, -0.25) is 4.79 Å². The number of carbonyl (C=O) groups is 1. The third kappa shape index (κ3) is 2.26. The molecule has 22 heavy (non-hydrogen) atoms. The van der Waals surface area contributed by atoms with Gasteiger partial charge in [-0.1, -0.05) is 18.2 Å². The summed E-state index contributed by atoms with van der Waals surface area (Å²) < 4.78 is 0. The van der Waals surface area contributed by atoms with Crippen LogP contribution in [0.4, 0.5) is 0 Å². The monoisotopic (exact) mass is 295 g/mol. The lowest BCUT2D eigenvalue weighted by Crippen LogP contribution is -2.30. The van der Waals surface area contributed by atoms with Crippen LogP contribution in [-0.4, -0.2) is 43.9 Å². The SMILES string of the molecule is O=C(Cc1c[nH]c2ccccc12)N1CC[C@@H](n2nccn2)C1. The van der Waals surface area contributed by atoms with Crippen LogP contribution in [0.25, 0.3) is 10.9 Å². The summed E-state index contributed by atoms with van der Waals surface area (Å²) in [5.41, 5.74) is 2.13. The van der Waals surface area contributed by atoms with Crippen LogP contribution in [0, 0.1) is 0 Å². The van der Waals surface area contributed by atoms with Gasteiger partial charge in [-0.05, 0) is 18.1 Å². The molecule has 0 bridgehead atoms. The molecule has 3 heterocycles. The second kappa shape index (κ2) is 5.29. The fourth-order valence-corrected chi connectivity index (χ4v) is 3.12. The van der Waals surface area contributed by atoms with Crippen molar-refractivity contribution >= 4 is 16.8 Å². The number of likely N-dealkylation sites (tertiary alicyclic amines) is 1. The molecule has 1 saturated heterocycles. The minimum atomic E-state index is 0.166. The minimum absolute atomic E-state index is 0.166. The van der Waals surface area contributed by atoms with E-state index in [2.05, 4.69) is 21.2 Å². The zero-order valence-electron chi connectivity index (χ0n) is 12.1. The second-order valence-electron chi connectivity index (χ2n) is 5.67. The van der Waals surface area contributed by atoms with Gasteiger partial charge in [-0.2, -0.15) is 15.0 Å². The molecule has 0 radical (unpaired) electrons. The first kappa shape index (κ1) is 13.1. The molecule has 3 aromatic rings. The van der Waals surface area contributed by atoms with Crippen molar-refractivity contribution in [1.82, 2.24) is 24.9 Å². The van der Waals surface area contributed by atoms with E-state index >= 15 is 0 Å². The number of para-hydroxylation sites is 1. The first-order valence-corrected chi connectivity index (χ1v) is 7.50. The molecule has 1 amide bonds. The van der Waals surface area contributed by atoms with Gasteiger partial charge in [0.05, 0.1) is 24.9 Å². The number of aromatic amines is 1. The van der Waals surface area contributed by atoms with Crippen LogP contribution >= 0.6 is 0 Å². The normalized spacial score (nSPS) is 18.2. The van der Waals surface area contributed by atoms with Gasteiger partial charge < -0.3 is 9.88 Å². The lowest BCUT2D eigenvalue weighted by molar-refractivity contribution is -0.129. The van der Waals surface area contributed by atoms with E-state index < -0.39 is 0 Å². The van der Waals surface area contributed by atoms with Gasteiger partial charge in [0, 0.05) is 30.2 Å². The molecule has 1 atom stereocenters. The Bertz CT molecular complexity index is 792. The second-order valence-corrected chi connectivity index (χ2v) is 5.67. The van der Waals surface area contributed by atoms with E-state index in [1.54, 1.807) is 17.2 Å². The summed E-state index contributed by atoms with van der Waals surface area (Å²) in [6, 6.07) is 8.27. The third-order valence-corrected chi connectivity index (χ3v) is 4.30. The van der Waals surface area contributed by atoms with Gasteiger partial charge in [-0.25, -0.2) is 0 Å². The van der Waals surface area contributed by atoms with E-state index in [1.807, 2.05) is 29.3 Å². The van der Waals surface area contributed by atoms with Crippen LogP contribution in [0.3, 0.4) is 0 Å². The molecule has 0 unspecified atom stereocenters. The average Bonchev–Trinajstić information content (AvgIpc) is 3.28. The number of nitrogens with zero attached hydrogens (tertiary/aromatic N) is 4. The van der Waals surface area contributed by atoms with Crippen molar-refractivity contribution in [3.8, 4) is 0 Å². The fourth-order valence-electron chi connectivity index (χ4n) is 3.12. The highest BCUT2D eigenvalue weighted by Gasteiger charge is 2.28. The van der Waals surface area contributed by atoms with Crippen LogP contribution in [0.5, 0.6) is 0 Å². The summed E-state index contributed by atoms with van der Waals surface area (Å²) >= 11 is 0. The largest absolute Gasteiger partial charge is 0.361 e. The summed E-state index contributed by atoms with van der Waals surface area (Å²) in [5.74, 6) is 0.166. The van der Waals surface area contributed by atoms with Crippen molar-refractivity contribution in [1.29, 1.82) is 0 Å².